The van der Waals surface area contributed by atoms with E-state index in [1.54, 1.807) is 28.9 Å². The van der Waals surface area contributed by atoms with Gasteiger partial charge in [0.25, 0.3) is 5.69 Å². The van der Waals surface area contributed by atoms with Gasteiger partial charge in [0.05, 0.1) is 29.9 Å². The Kier molecular flexibility index (Phi) is 5.29. The Labute approximate surface area is 165 Å². The topological polar surface area (TPSA) is 99.2 Å². The summed E-state index contributed by atoms with van der Waals surface area (Å²) in [4.78, 5) is 12.8. The molecule has 0 unspecified atom stereocenters. The molecule has 1 saturated heterocycles. The number of non-ortho nitro benzene ring substituents is 1. The normalized spacial score (nSPS) is 16.0. The Balaban J connectivity index is 1.78. The molecule has 0 aliphatic carbocycles. The minimum absolute atomic E-state index is 0.0407. The first kappa shape index (κ1) is 18.5. The van der Waals surface area contributed by atoms with Crippen LogP contribution < -0.4 is 0 Å². The van der Waals surface area contributed by atoms with Gasteiger partial charge >= 0.3 is 0 Å². The van der Waals surface area contributed by atoms with Crippen LogP contribution >= 0.6 is 11.6 Å². The van der Waals surface area contributed by atoms with Gasteiger partial charge in [0.2, 0.25) is 0 Å². The Morgan fingerprint density at radius 1 is 1.14 bits per heavy atom. The molecule has 3 aromatic rings. The number of hydrogen-bond donors (Lipinski definition) is 0. The molecule has 0 saturated carbocycles. The molecule has 2 aromatic carbocycles. The number of aromatic nitrogens is 4. The number of nitrogens with zero attached hydrogens (tertiary/aromatic N) is 6. The molecule has 2 heterocycles. The first-order valence-electron chi connectivity index (χ1n) is 8.74. The lowest BCUT2D eigenvalue weighted by Crippen LogP contribution is -2.40. The molecule has 1 aliphatic rings. The van der Waals surface area contributed by atoms with E-state index in [1.165, 1.54) is 12.1 Å². The van der Waals surface area contributed by atoms with Gasteiger partial charge in [-0.3, -0.25) is 15.0 Å². The fraction of sp³-hybridized carbons (Fsp3) is 0.278. The molecular formula is C18H17ClN6O3. The smallest absolute Gasteiger partial charge is 0.269 e. The van der Waals surface area contributed by atoms with Crippen molar-refractivity contribution in [3.05, 3.63) is 75.1 Å². The maximum atomic E-state index is 11.0. The number of nitro groups is 1. The minimum atomic E-state index is -0.413. The number of nitro benzene ring substituents is 1. The molecule has 0 radical (unpaired) electrons. The molecule has 0 spiro atoms. The second kappa shape index (κ2) is 8.01. The van der Waals surface area contributed by atoms with E-state index in [0.717, 1.165) is 11.3 Å². The van der Waals surface area contributed by atoms with Crippen LogP contribution in [0.4, 0.5) is 5.69 Å². The fourth-order valence-electron chi connectivity index (χ4n) is 3.29. The molecule has 1 fully saturated rings. The summed E-state index contributed by atoms with van der Waals surface area (Å²) in [6, 6.07) is 13.5. The van der Waals surface area contributed by atoms with Crippen molar-refractivity contribution in [2.75, 3.05) is 26.3 Å². The lowest BCUT2D eigenvalue weighted by molar-refractivity contribution is -0.384. The van der Waals surface area contributed by atoms with E-state index in [4.69, 9.17) is 16.3 Å². The van der Waals surface area contributed by atoms with Gasteiger partial charge in [-0.25, -0.2) is 0 Å². The van der Waals surface area contributed by atoms with Crippen LogP contribution in [0.2, 0.25) is 5.02 Å². The summed E-state index contributed by atoms with van der Waals surface area (Å²) >= 11 is 6.13. The molecule has 1 aliphatic heterocycles. The van der Waals surface area contributed by atoms with Gasteiger partial charge in [-0.2, -0.15) is 4.68 Å². The fourth-order valence-corrected chi connectivity index (χ4v) is 3.48. The van der Waals surface area contributed by atoms with Crippen LogP contribution in [0.5, 0.6) is 0 Å². The number of benzene rings is 2. The van der Waals surface area contributed by atoms with Crippen molar-refractivity contribution in [2.24, 2.45) is 0 Å². The molecule has 0 N–H and O–H groups in total. The molecule has 9 nitrogen and oxygen atoms in total. The van der Waals surface area contributed by atoms with Crippen molar-refractivity contribution in [3.63, 3.8) is 0 Å². The van der Waals surface area contributed by atoms with Crippen molar-refractivity contribution in [1.82, 2.24) is 25.1 Å². The molecule has 10 heteroatoms. The predicted octanol–water partition coefficient (Wildman–Crippen LogP) is 2.65. The summed E-state index contributed by atoms with van der Waals surface area (Å²) in [5.74, 6) is 0.609. The Morgan fingerprint density at radius 2 is 1.89 bits per heavy atom. The molecule has 28 heavy (non-hydrogen) atoms. The van der Waals surface area contributed by atoms with Crippen molar-refractivity contribution >= 4 is 17.3 Å². The van der Waals surface area contributed by atoms with Gasteiger partial charge in [-0.05, 0) is 34.2 Å². The van der Waals surface area contributed by atoms with Crippen LogP contribution in [0.25, 0.3) is 5.69 Å². The Bertz CT molecular complexity index is 971. The lowest BCUT2D eigenvalue weighted by Gasteiger charge is -2.33. The number of morpholine rings is 1. The predicted molar refractivity (Wildman–Crippen MR) is 101 cm³/mol. The average Bonchev–Trinajstić information content (AvgIpc) is 3.19. The van der Waals surface area contributed by atoms with Crippen LogP contribution in [-0.4, -0.2) is 56.3 Å². The summed E-state index contributed by atoms with van der Waals surface area (Å²) in [5, 5.41) is 23.9. The van der Waals surface area contributed by atoms with E-state index in [2.05, 4.69) is 20.4 Å². The monoisotopic (exact) mass is 400 g/mol. The Hall–Kier alpha value is -2.88. The van der Waals surface area contributed by atoms with Crippen LogP contribution in [0.1, 0.15) is 17.4 Å². The van der Waals surface area contributed by atoms with Gasteiger partial charge in [-0.1, -0.05) is 29.8 Å². The van der Waals surface area contributed by atoms with Gasteiger partial charge in [0, 0.05) is 30.2 Å². The second-order valence-electron chi connectivity index (χ2n) is 6.33. The third-order valence-electron chi connectivity index (χ3n) is 4.62. The first-order valence-corrected chi connectivity index (χ1v) is 9.11. The zero-order chi connectivity index (χ0) is 19.5. The van der Waals surface area contributed by atoms with E-state index in [9.17, 15) is 10.1 Å². The van der Waals surface area contributed by atoms with Gasteiger partial charge < -0.3 is 4.74 Å². The number of rotatable bonds is 5. The highest BCUT2D eigenvalue weighted by Gasteiger charge is 2.30. The number of tetrazole rings is 1. The molecule has 0 amide bonds. The number of hydrogen-bond acceptors (Lipinski definition) is 7. The van der Waals surface area contributed by atoms with Crippen LogP contribution in [0.15, 0.2) is 48.5 Å². The Morgan fingerprint density at radius 3 is 2.57 bits per heavy atom. The third-order valence-corrected chi connectivity index (χ3v) is 4.86. The van der Waals surface area contributed by atoms with E-state index in [0.29, 0.717) is 37.2 Å². The molecule has 0 bridgehead atoms. The molecule has 144 valence electrons. The zero-order valence-electron chi connectivity index (χ0n) is 14.8. The van der Waals surface area contributed by atoms with Crippen LogP contribution in [0.3, 0.4) is 0 Å². The van der Waals surface area contributed by atoms with Gasteiger partial charge in [-0.15, -0.1) is 5.10 Å². The highest BCUT2D eigenvalue weighted by Crippen LogP contribution is 2.30. The molecule has 1 atom stereocenters. The number of ether oxygens (including phenoxy) is 1. The van der Waals surface area contributed by atoms with E-state index in [1.807, 2.05) is 12.1 Å². The molecular weight excluding hydrogens is 384 g/mol. The van der Waals surface area contributed by atoms with Gasteiger partial charge in [0.15, 0.2) is 5.82 Å². The summed E-state index contributed by atoms with van der Waals surface area (Å²) in [7, 11) is 0. The summed E-state index contributed by atoms with van der Waals surface area (Å²) in [6.45, 7) is 2.60. The van der Waals surface area contributed by atoms with Crippen molar-refractivity contribution in [3.8, 4) is 5.69 Å². The van der Waals surface area contributed by atoms with E-state index in [-0.39, 0.29) is 11.7 Å². The summed E-state index contributed by atoms with van der Waals surface area (Å²) < 4.78 is 7.12. The number of halogens is 1. The third kappa shape index (κ3) is 3.72. The maximum absolute atomic E-state index is 11.0. The minimum Gasteiger partial charge on any atom is -0.379 e. The summed E-state index contributed by atoms with van der Waals surface area (Å²) in [5.41, 5.74) is 1.65. The van der Waals surface area contributed by atoms with Crippen LogP contribution in [0, 0.1) is 10.1 Å². The molecule has 4 rings (SSSR count). The standard InChI is InChI=1S/C18H17ClN6O3/c19-14-2-1-3-16(12-14)24-18(20-21-22-24)17(23-8-10-28-11-9-23)13-4-6-15(7-5-13)25(26)27/h1-7,12,17H,8-11H2/t17-/m1/s1. The highest BCUT2D eigenvalue weighted by molar-refractivity contribution is 6.30. The largest absolute Gasteiger partial charge is 0.379 e. The highest BCUT2D eigenvalue weighted by atomic mass is 35.5. The lowest BCUT2D eigenvalue weighted by atomic mass is 10.0. The van der Waals surface area contributed by atoms with Crippen molar-refractivity contribution in [2.45, 2.75) is 6.04 Å². The second-order valence-corrected chi connectivity index (χ2v) is 6.76. The van der Waals surface area contributed by atoms with E-state index >= 15 is 0 Å². The van der Waals surface area contributed by atoms with Crippen LogP contribution in [-0.2, 0) is 4.74 Å². The van der Waals surface area contributed by atoms with E-state index < -0.39 is 4.92 Å². The quantitative estimate of drug-likeness (QED) is 0.479. The first-order chi connectivity index (χ1) is 13.6. The van der Waals surface area contributed by atoms with Gasteiger partial charge in [0.1, 0.15) is 0 Å². The van der Waals surface area contributed by atoms with Crippen molar-refractivity contribution < 1.29 is 9.66 Å². The summed E-state index contributed by atoms with van der Waals surface area (Å²) in [6.07, 6.45) is 0. The molecule has 1 aromatic heterocycles. The van der Waals surface area contributed by atoms with Crippen molar-refractivity contribution in [1.29, 1.82) is 0 Å². The SMILES string of the molecule is O=[N+]([O-])c1ccc([C@H](c2nnnn2-c2cccc(Cl)c2)N2CCOCC2)cc1. The zero-order valence-corrected chi connectivity index (χ0v) is 15.6. The average molecular weight is 401 g/mol. The maximum Gasteiger partial charge on any atom is 0.269 e.